The average molecular weight is 327 g/mol. The maximum absolute atomic E-state index is 12.3. The SMILES string of the molecule is CNCc1cc(OCc2ccccc2)n(CCCC(F)(F)F)n1. The van der Waals surface area contributed by atoms with Crippen LogP contribution in [-0.2, 0) is 19.7 Å². The molecule has 0 amide bonds. The normalized spacial score (nSPS) is 11.7. The number of hydrogen-bond donors (Lipinski definition) is 1. The highest BCUT2D eigenvalue weighted by Gasteiger charge is 2.26. The molecule has 0 radical (unpaired) electrons. The molecule has 7 heteroatoms. The molecular weight excluding hydrogens is 307 g/mol. The monoisotopic (exact) mass is 327 g/mol. The van der Waals surface area contributed by atoms with Crippen LogP contribution in [0, 0.1) is 0 Å². The summed E-state index contributed by atoms with van der Waals surface area (Å²) < 4.78 is 44.1. The predicted octanol–water partition coefficient (Wildman–Crippen LogP) is 3.52. The third-order valence-corrected chi connectivity index (χ3v) is 3.21. The molecule has 0 unspecified atom stereocenters. The summed E-state index contributed by atoms with van der Waals surface area (Å²) in [7, 11) is 1.78. The molecular formula is C16H20F3N3O. The van der Waals surface area contributed by atoms with E-state index >= 15 is 0 Å². The van der Waals surface area contributed by atoms with E-state index in [1.807, 2.05) is 30.3 Å². The van der Waals surface area contributed by atoms with E-state index in [0.29, 0.717) is 19.0 Å². The number of aromatic nitrogens is 2. The fraction of sp³-hybridized carbons (Fsp3) is 0.438. The lowest BCUT2D eigenvalue weighted by Gasteiger charge is -2.10. The van der Waals surface area contributed by atoms with E-state index in [1.54, 1.807) is 13.1 Å². The smallest absolute Gasteiger partial charge is 0.389 e. The van der Waals surface area contributed by atoms with Gasteiger partial charge in [-0.3, -0.25) is 0 Å². The number of nitrogens with one attached hydrogen (secondary N) is 1. The summed E-state index contributed by atoms with van der Waals surface area (Å²) in [6.07, 6.45) is -5.00. The lowest BCUT2D eigenvalue weighted by Crippen LogP contribution is -2.12. The number of aryl methyl sites for hydroxylation is 1. The van der Waals surface area contributed by atoms with E-state index in [-0.39, 0.29) is 13.0 Å². The molecule has 0 saturated heterocycles. The second-order valence-corrected chi connectivity index (χ2v) is 5.22. The first-order chi connectivity index (χ1) is 11.0. The van der Waals surface area contributed by atoms with Crippen molar-refractivity contribution < 1.29 is 17.9 Å². The van der Waals surface area contributed by atoms with Gasteiger partial charge in [0.2, 0.25) is 5.88 Å². The van der Waals surface area contributed by atoms with Crippen molar-refractivity contribution in [2.24, 2.45) is 0 Å². The summed E-state index contributed by atoms with van der Waals surface area (Å²) in [4.78, 5) is 0. The second kappa shape index (κ2) is 8.01. The van der Waals surface area contributed by atoms with Crippen molar-refractivity contribution in [1.29, 1.82) is 0 Å². The van der Waals surface area contributed by atoms with Gasteiger partial charge in [-0.25, -0.2) is 4.68 Å². The van der Waals surface area contributed by atoms with E-state index in [2.05, 4.69) is 10.4 Å². The van der Waals surface area contributed by atoms with E-state index in [1.165, 1.54) is 4.68 Å². The first-order valence-corrected chi connectivity index (χ1v) is 7.43. The van der Waals surface area contributed by atoms with Gasteiger partial charge in [0.05, 0.1) is 5.69 Å². The Balaban J connectivity index is 2.00. The zero-order valence-electron chi connectivity index (χ0n) is 12.9. The fourth-order valence-corrected chi connectivity index (χ4v) is 2.15. The Hall–Kier alpha value is -2.02. The Morgan fingerprint density at radius 2 is 1.96 bits per heavy atom. The molecule has 1 aromatic carbocycles. The minimum atomic E-state index is -4.15. The van der Waals surface area contributed by atoms with Crippen LogP contribution >= 0.6 is 0 Å². The number of rotatable bonds is 8. The zero-order valence-corrected chi connectivity index (χ0v) is 12.9. The third-order valence-electron chi connectivity index (χ3n) is 3.21. The molecule has 1 heterocycles. The number of alkyl halides is 3. The Morgan fingerprint density at radius 3 is 2.61 bits per heavy atom. The van der Waals surface area contributed by atoms with Crippen LogP contribution in [0.3, 0.4) is 0 Å². The predicted molar refractivity (Wildman–Crippen MR) is 81.1 cm³/mol. The van der Waals surface area contributed by atoms with E-state index in [0.717, 1.165) is 11.3 Å². The highest BCUT2D eigenvalue weighted by molar-refractivity contribution is 5.18. The Morgan fingerprint density at radius 1 is 1.22 bits per heavy atom. The third kappa shape index (κ3) is 5.94. The van der Waals surface area contributed by atoms with Crippen LogP contribution in [0.4, 0.5) is 13.2 Å². The van der Waals surface area contributed by atoms with Crippen LogP contribution in [0.2, 0.25) is 0 Å². The molecule has 1 N–H and O–H groups in total. The summed E-state index contributed by atoms with van der Waals surface area (Å²) in [5.41, 5.74) is 1.73. The number of benzene rings is 1. The molecule has 0 bridgehead atoms. The van der Waals surface area contributed by atoms with Crippen molar-refractivity contribution in [2.75, 3.05) is 7.05 Å². The van der Waals surface area contributed by atoms with Crippen LogP contribution in [0.1, 0.15) is 24.1 Å². The molecule has 23 heavy (non-hydrogen) atoms. The van der Waals surface area contributed by atoms with Gasteiger partial charge >= 0.3 is 6.18 Å². The quantitative estimate of drug-likeness (QED) is 0.806. The summed E-state index contributed by atoms with van der Waals surface area (Å²) in [5, 5.41) is 7.26. The first kappa shape index (κ1) is 17.3. The van der Waals surface area contributed by atoms with Crippen molar-refractivity contribution in [3.05, 3.63) is 47.7 Å². The maximum atomic E-state index is 12.3. The highest BCUT2D eigenvalue weighted by atomic mass is 19.4. The molecule has 0 spiro atoms. The molecule has 0 aliphatic heterocycles. The minimum absolute atomic E-state index is 0.0220. The minimum Gasteiger partial charge on any atom is -0.473 e. The number of halogens is 3. The van der Waals surface area contributed by atoms with Crippen molar-refractivity contribution >= 4 is 0 Å². The van der Waals surface area contributed by atoms with Gasteiger partial charge < -0.3 is 10.1 Å². The molecule has 0 fully saturated rings. The number of hydrogen-bond acceptors (Lipinski definition) is 3. The summed E-state index contributed by atoms with van der Waals surface area (Å²) in [6, 6.07) is 11.3. The molecule has 0 aliphatic carbocycles. The van der Waals surface area contributed by atoms with Crippen LogP contribution in [0.5, 0.6) is 5.88 Å². The molecule has 4 nitrogen and oxygen atoms in total. The molecule has 0 saturated carbocycles. The number of nitrogens with zero attached hydrogens (tertiary/aromatic N) is 2. The van der Waals surface area contributed by atoms with Gasteiger partial charge in [-0.15, -0.1) is 0 Å². The van der Waals surface area contributed by atoms with Crippen molar-refractivity contribution in [3.63, 3.8) is 0 Å². The van der Waals surface area contributed by atoms with Gasteiger partial charge in [-0.05, 0) is 19.0 Å². The van der Waals surface area contributed by atoms with Crippen LogP contribution < -0.4 is 10.1 Å². The topological polar surface area (TPSA) is 39.1 Å². The lowest BCUT2D eigenvalue weighted by molar-refractivity contribution is -0.136. The van der Waals surface area contributed by atoms with E-state index in [9.17, 15) is 13.2 Å². The second-order valence-electron chi connectivity index (χ2n) is 5.22. The van der Waals surface area contributed by atoms with Gasteiger partial charge in [-0.2, -0.15) is 18.3 Å². The van der Waals surface area contributed by atoms with E-state index in [4.69, 9.17) is 4.74 Å². The first-order valence-electron chi connectivity index (χ1n) is 7.43. The van der Waals surface area contributed by atoms with Gasteiger partial charge in [0.25, 0.3) is 0 Å². The van der Waals surface area contributed by atoms with Gasteiger partial charge in [0.15, 0.2) is 0 Å². The van der Waals surface area contributed by atoms with Crippen molar-refractivity contribution in [2.45, 2.75) is 38.7 Å². The van der Waals surface area contributed by atoms with Gasteiger partial charge in [-0.1, -0.05) is 30.3 Å². The standard InChI is InChI=1S/C16H20F3N3O/c1-20-11-14-10-15(23-12-13-6-3-2-4-7-13)22(21-14)9-5-8-16(17,18)19/h2-4,6-7,10,20H,5,8-9,11-12H2,1H3. The van der Waals surface area contributed by atoms with Gasteiger partial charge in [0, 0.05) is 25.6 Å². The van der Waals surface area contributed by atoms with Crippen LogP contribution in [0.25, 0.3) is 0 Å². The molecule has 1 aromatic heterocycles. The molecule has 2 rings (SSSR count). The molecule has 2 aromatic rings. The fourth-order valence-electron chi connectivity index (χ4n) is 2.15. The van der Waals surface area contributed by atoms with Crippen molar-refractivity contribution in [1.82, 2.24) is 15.1 Å². The summed E-state index contributed by atoms with van der Waals surface area (Å²) in [5.74, 6) is 0.487. The van der Waals surface area contributed by atoms with Crippen LogP contribution in [0.15, 0.2) is 36.4 Å². The van der Waals surface area contributed by atoms with E-state index < -0.39 is 12.6 Å². The molecule has 0 atom stereocenters. The zero-order chi connectivity index (χ0) is 16.7. The maximum Gasteiger partial charge on any atom is 0.389 e. The lowest BCUT2D eigenvalue weighted by atomic mass is 10.2. The average Bonchev–Trinajstić information content (AvgIpc) is 2.87. The highest BCUT2D eigenvalue weighted by Crippen LogP contribution is 2.23. The van der Waals surface area contributed by atoms with Crippen LogP contribution in [-0.4, -0.2) is 23.0 Å². The summed E-state index contributed by atoms with van der Waals surface area (Å²) in [6.45, 7) is 1.06. The number of ether oxygens (including phenoxy) is 1. The Bertz CT molecular complexity index is 596. The van der Waals surface area contributed by atoms with Crippen molar-refractivity contribution in [3.8, 4) is 5.88 Å². The molecule has 0 aliphatic rings. The van der Waals surface area contributed by atoms with Gasteiger partial charge in [0.1, 0.15) is 6.61 Å². The molecule has 126 valence electrons. The Labute approximate surface area is 133 Å². The largest absolute Gasteiger partial charge is 0.473 e. The Kier molecular flexibility index (Phi) is 6.04. The summed E-state index contributed by atoms with van der Waals surface area (Å²) >= 11 is 0.